The molecule has 0 atom stereocenters. The highest BCUT2D eigenvalue weighted by Gasteiger charge is 2.33. The zero-order valence-electron chi connectivity index (χ0n) is 11.6. The van der Waals surface area contributed by atoms with E-state index in [1.165, 1.54) is 0 Å². The summed E-state index contributed by atoms with van der Waals surface area (Å²) in [6, 6.07) is 1.97. The number of hydrogen-bond acceptors (Lipinski definition) is 6. The molecule has 0 aliphatic rings. The van der Waals surface area contributed by atoms with Gasteiger partial charge in [0.15, 0.2) is 11.6 Å². The van der Waals surface area contributed by atoms with E-state index in [1.54, 1.807) is 11.3 Å². The van der Waals surface area contributed by atoms with Gasteiger partial charge in [0, 0.05) is 6.61 Å². The maximum atomic E-state index is 5.95. The first-order valence-corrected chi connectivity index (χ1v) is 7.45. The van der Waals surface area contributed by atoms with Gasteiger partial charge in [0.1, 0.15) is 10.4 Å². The first kappa shape index (κ1) is 14.2. The van der Waals surface area contributed by atoms with Crippen LogP contribution in [0, 0.1) is 0 Å². The van der Waals surface area contributed by atoms with Crippen molar-refractivity contribution in [1.29, 1.82) is 0 Å². The largest absolute Gasteiger partial charge is 0.367 e. The minimum atomic E-state index is -0.432. The van der Waals surface area contributed by atoms with Crippen molar-refractivity contribution >= 4 is 27.4 Å². The number of nitrogen functional groups attached to an aromatic ring is 1. The number of anilines is 1. The molecule has 6 heteroatoms. The summed E-state index contributed by atoms with van der Waals surface area (Å²) in [6.45, 7) is 6.82. The van der Waals surface area contributed by atoms with Crippen LogP contribution in [-0.2, 0) is 10.3 Å². The Bertz CT molecular complexity index is 551. The standard InChI is InChI=1S/C13H20N4OS/c1-4-13(5-2,18-6-3)12-15-10(17-14)9-7-8-19-11(9)16-12/h7-8H,4-6,14H2,1-3H3,(H,15,16,17). The van der Waals surface area contributed by atoms with Crippen molar-refractivity contribution in [2.75, 3.05) is 12.0 Å². The lowest BCUT2D eigenvalue weighted by atomic mass is 9.96. The van der Waals surface area contributed by atoms with E-state index in [9.17, 15) is 0 Å². The molecule has 0 aromatic carbocycles. The molecule has 0 saturated carbocycles. The lowest BCUT2D eigenvalue weighted by Crippen LogP contribution is -2.31. The van der Waals surface area contributed by atoms with Crippen molar-refractivity contribution in [2.45, 2.75) is 39.2 Å². The van der Waals surface area contributed by atoms with E-state index in [0.29, 0.717) is 18.2 Å². The normalized spacial score (nSPS) is 12.0. The van der Waals surface area contributed by atoms with Crippen molar-refractivity contribution in [2.24, 2.45) is 5.84 Å². The zero-order valence-corrected chi connectivity index (χ0v) is 12.4. The van der Waals surface area contributed by atoms with Crippen LogP contribution in [0.15, 0.2) is 11.4 Å². The molecule has 2 aromatic rings. The lowest BCUT2D eigenvalue weighted by Gasteiger charge is -2.30. The number of aromatic nitrogens is 2. The molecular weight excluding hydrogens is 260 g/mol. The zero-order chi connectivity index (χ0) is 13.9. The molecule has 19 heavy (non-hydrogen) atoms. The predicted molar refractivity (Wildman–Crippen MR) is 79.1 cm³/mol. The van der Waals surface area contributed by atoms with Crippen LogP contribution in [0.3, 0.4) is 0 Å². The second-order valence-electron chi connectivity index (χ2n) is 4.31. The van der Waals surface area contributed by atoms with E-state index in [2.05, 4.69) is 29.2 Å². The fraction of sp³-hybridized carbons (Fsp3) is 0.538. The molecule has 0 saturated heterocycles. The number of nitrogens with two attached hydrogens (primary N) is 1. The molecule has 0 bridgehead atoms. The molecule has 2 aromatic heterocycles. The predicted octanol–water partition coefficient (Wildman–Crippen LogP) is 3.03. The first-order chi connectivity index (χ1) is 9.20. The molecule has 5 nitrogen and oxygen atoms in total. The van der Waals surface area contributed by atoms with E-state index >= 15 is 0 Å². The third-order valence-electron chi connectivity index (χ3n) is 3.43. The number of rotatable bonds is 6. The molecule has 0 aliphatic carbocycles. The van der Waals surface area contributed by atoms with Crippen molar-refractivity contribution in [3.05, 3.63) is 17.3 Å². The van der Waals surface area contributed by atoms with Gasteiger partial charge in [0.25, 0.3) is 0 Å². The van der Waals surface area contributed by atoms with Crippen molar-refractivity contribution in [3.8, 4) is 0 Å². The third-order valence-corrected chi connectivity index (χ3v) is 4.24. The Balaban J connectivity index is 2.59. The second-order valence-corrected chi connectivity index (χ2v) is 5.21. The Morgan fingerprint density at radius 2 is 2.05 bits per heavy atom. The Hall–Kier alpha value is -1.24. The molecule has 0 spiro atoms. The van der Waals surface area contributed by atoms with Crippen LogP contribution in [-0.4, -0.2) is 16.6 Å². The van der Waals surface area contributed by atoms with Crippen molar-refractivity contribution in [1.82, 2.24) is 9.97 Å². The molecular formula is C13H20N4OS. The molecule has 0 fully saturated rings. The number of nitrogens with one attached hydrogen (secondary N) is 1. The van der Waals surface area contributed by atoms with Crippen molar-refractivity contribution < 1.29 is 4.74 Å². The molecule has 2 rings (SSSR count). The molecule has 104 valence electrons. The van der Waals surface area contributed by atoms with E-state index in [1.807, 2.05) is 18.4 Å². The Morgan fingerprint density at radius 1 is 1.32 bits per heavy atom. The smallest absolute Gasteiger partial charge is 0.164 e. The SMILES string of the molecule is CCOC(CC)(CC)c1nc(NN)c2ccsc2n1. The molecule has 0 amide bonds. The summed E-state index contributed by atoms with van der Waals surface area (Å²) in [5.41, 5.74) is 2.23. The number of ether oxygens (including phenoxy) is 1. The highest BCUT2D eigenvalue weighted by Crippen LogP contribution is 2.34. The average Bonchev–Trinajstić information content (AvgIpc) is 2.92. The number of thiophene rings is 1. The van der Waals surface area contributed by atoms with Crippen LogP contribution in [0.4, 0.5) is 5.82 Å². The maximum absolute atomic E-state index is 5.95. The summed E-state index contributed by atoms with van der Waals surface area (Å²) >= 11 is 1.58. The minimum absolute atomic E-state index is 0.432. The van der Waals surface area contributed by atoms with Crippen LogP contribution in [0.1, 0.15) is 39.4 Å². The van der Waals surface area contributed by atoms with Gasteiger partial charge < -0.3 is 10.2 Å². The Labute approximate surface area is 117 Å². The van der Waals surface area contributed by atoms with Crippen LogP contribution < -0.4 is 11.3 Å². The van der Waals surface area contributed by atoms with Gasteiger partial charge in [0.2, 0.25) is 0 Å². The number of fused-ring (bicyclic) bond motifs is 1. The van der Waals surface area contributed by atoms with E-state index < -0.39 is 5.60 Å². The highest BCUT2D eigenvalue weighted by molar-refractivity contribution is 7.16. The van der Waals surface area contributed by atoms with E-state index in [-0.39, 0.29) is 0 Å². The van der Waals surface area contributed by atoms with Crippen LogP contribution in [0.2, 0.25) is 0 Å². The van der Waals surface area contributed by atoms with Gasteiger partial charge in [-0.05, 0) is 31.2 Å². The van der Waals surface area contributed by atoms with E-state index in [0.717, 1.165) is 23.1 Å². The average molecular weight is 280 g/mol. The van der Waals surface area contributed by atoms with Crippen LogP contribution in [0.5, 0.6) is 0 Å². The van der Waals surface area contributed by atoms with Gasteiger partial charge in [0.05, 0.1) is 5.39 Å². The summed E-state index contributed by atoms with van der Waals surface area (Å²) < 4.78 is 5.95. The van der Waals surface area contributed by atoms with Gasteiger partial charge in [-0.25, -0.2) is 15.8 Å². The highest BCUT2D eigenvalue weighted by atomic mass is 32.1. The molecule has 0 radical (unpaired) electrons. The maximum Gasteiger partial charge on any atom is 0.164 e. The topological polar surface area (TPSA) is 73.1 Å². The van der Waals surface area contributed by atoms with Gasteiger partial charge in [-0.3, -0.25) is 0 Å². The fourth-order valence-corrected chi connectivity index (χ4v) is 3.04. The van der Waals surface area contributed by atoms with Crippen LogP contribution in [0.25, 0.3) is 10.2 Å². The summed E-state index contributed by atoms with van der Waals surface area (Å²) in [5.74, 6) is 6.94. The molecule has 0 unspecified atom stereocenters. The molecule has 2 heterocycles. The third kappa shape index (κ3) is 2.43. The number of hydrogen-bond donors (Lipinski definition) is 2. The number of nitrogens with zero attached hydrogens (tertiary/aromatic N) is 2. The van der Waals surface area contributed by atoms with Crippen LogP contribution >= 0.6 is 11.3 Å². The number of hydrazine groups is 1. The second kappa shape index (κ2) is 5.81. The quantitative estimate of drug-likeness (QED) is 0.628. The van der Waals surface area contributed by atoms with Gasteiger partial charge in [-0.15, -0.1) is 11.3 Å². The Kier molecular flexibility index (Phi) is 4.34. The summed E-state index contributed by atoms with van der Waals surface area (Å²) in [7, 11) is 0. The summed E-state index contributed by atoms with van der Waals surface area (Å²) in [6.07, 6.45) is 1.66. The fourth-order valence-electron chi connectivity index (χ4n) is 2.28. The van der Waals surface area contributed by atoms with E-state index in [4.69, 9.17) is 10.6 Å². The first-order valence-electron chi connectivity index (χ1n) is 6.57. The Morgan fingerprint density at radius 3 is 2.63 bits per heavy atom. The van der Waals surface area contributed by atoms with Gasteiger partial charge in [-0.2, -0.15) is 0 Å². The summed E-state index contributed by atoms with van der Waals surface area (Å²) in [4.78, 5) is 10.2. The van der Waals surface area contributed by atoms with Crippen molar-refractivity contribution in [3.63, 3.8) is 0 Å². The monoisotopic (exact) mass is 280 g/mol. The minimum Gasteiger partial charge on any atom is -0.367 e. The van der Waals surface area contributed by atoms with Gasteiger partial charge >= 0.3 is 0 Å². The summed E-state index contributed by atoms with van der Waals surface area (Å²) in [5, 5.41) is 2.94. The lowest BCUT2D eigenvalue weighted by molar-refractivity contribution is -0.0568. The molecule has 0 aliphatic heterocycles. The molecule has 3 N–H and O–H groups in total. The van der Waals surface area contributed by atoms with Gasteiger partial charge in [-0.1, -0.05) is 13.8 Å².